The van der Waals surface area contributed by atoms with E-state index in [1.165, 1.54) is 0 Å². The summed E-state index contributed by atoms with van der Waals surface area (Å²) in [4.78, 5) is 15.4. The largest absolute Gasteiger partial charge is 0.365 e. The van der Waals surface area contributed by atoms with E-state index in [9.17, 15) is 4.79 Å². The molecule has 6 nitrogen and oxygen atoms in total. The molecule has 2 aromatic rings. The summed E-state index contributed by atoms with van der Waals surface area (Å²) in [7, 11) is 0. The highest BCUT2D eigenvalue weighted by atomic mass is 16.1. The molecular weight excluding hydrogens is 254 g/mol. The van der Waals surface area contributed by atoms with Crippen LogP contribution in [0, 0.1) is 0 Å². The van der Waals surface area contributed by atoms with E-state index in [0.29, 0.717) is 24.6 Å². The summed E-state index contributed by atoms with van der Waals surface area (Å²) in [6, 6.07) is 7.38. The number of nitrogens with one attached hydrogen (secondary N) is 2. The fraction of sp³-hybridized carbons (Fsp3) is 0.286. The third kappa shape index (κ3) is 4.31. The van der Waals surface area contributed by atoms with E-state index in [-0.39, 0.29) is 5.91 Å². The molecule has 0 atom stereocenters. The Hall–Kier alpha value is -2.50. The van der Waals surface area contributed by atoms with Crippen LogP contribution in [0.25, 0.3) is 0 Å². The fourth-order valence-electron chi connectivity index (χ4n) is 1.62. The maximum atomic E-state index is 11.4. The molecule has 0 aromatic carbocycles. The Morgan fingerprint density at radius 1 is 1.10 bits per heavy atom. The van der Waals surface area contributed by atoms with Crippen LogP contribution in [-0.2, 0) is 11.3 Å². The Kier molecular flexibility index (Phi) is 5.00. The molecular formula is C14H17N5O. The lowest BCUT2D eigenvalue weighted by Crippen LogP contribution is -2.12. The lowest BCUT2D eigenvalue weighted by molar-refractivity contribution is -0.116. The van der Waals surface area contributed by atoms with Gasteiger partial charge in [-0.25, -0.2) is 0 Å². The summed E-state index contributed by atoms with van der Waals surface area (Å²) in [6.45, 7) is 2.61. The first-order chi connectivity index (χ1) is 9.78. The predicted octanol–water partition coefficient (Wildman–Crippen LogP) is 2.22. The van der Waals surface area contributed by atoms with Crippen LogP contribution in [0.3, 0.4) is 0 Å². The van der Waals surface area contributed by atoms with Crippen LogP contribution in [0.1, 0.15) is 25.3 Å². The summed E-state index contributed by atoms with van der Waals surface area (Å²) >= 11 is 0. The number of carbonyl (C=O) groups is 1. The van der Waals surface area contributed by atoms with E-state index in [2.05, 4.69) is 25.8 Å². The quantitative estimate of drug-likeness (QED) is 0.842. The van der Waals surface area contributed by atoms with Crippen molar-refractivity contribution in [3.05, 3.63) is 42.2 Å². The minimum absolute atomic E-state index is 0.0423. The van der Waals surface area contributed by atoms with Crippen molar-refractivity contribution in [2.45, 2.75) is 26.3 Å². The molecule has 2 aromatic heterocycles. The average molecular weight is 271 g/mol. The smallest absolute Gasteiger partial charge is 0.225 e. The number of anilines is 2. The fourth-order valence-corrected chi connectivity index (χ4v) is 1.62. The Balaban J connectivity index is 1.87. The van der Waals surface area contributed by atoms with Crippen LogP contribution in [0.5, 0.6) is 0 Å². The number of hydrogen-bond donors (Lipinski definition) is 2. The molecule has 0 saturated carbocycles. The first-order valence-electron chi connectivity index (χ1n) is 6.54. The van der Waals surface area contributed by atoms with E-state index in [1.807, 2.05) is 19.1 Å². The molecule has 0 radical (unpaired) electrons. The molecule has 0 aliphatic rings. The van der Waals surface area contributed by atoms with Gasteiger partial charge in [0.15, 0.2) is 5.82 Å². The molecule has 0 spiro atoms. The van der Waals surface area contributed by atoms with Crippen LogP contribution < -0.4 is 10.6 Å². The van der Waals surface area contributed by atoms with Crippen molar-refractivity contribution in [3.63, 3.8) is 0 Å². The van der Waals surface area contributed by atoms with E-state index in [1.54, 1.807) is 24.5 Å². The van der Waals surface area contributed by atoms with Gasteiger partial charge in [0, 0.05) is 25.4 Å². The molecule has 0 bridgehead atoms. The molecule has 0 aliphatic carbocycles. The van der Waals surface area contributed by atoms with Crippen molar-refractivity contribution in [2.24, 2.45) is 0 Å². The van der Waals surface area contributed by atoms with Crippen molar-refractivity contribution < 1.29 is 4.79 Å². The first-order valence-corrected chi connectivity index (χ1v) is 6.54. The molecule has 0 aliphatic heterocycles. The maximum absolute atomic E-state index is 11.4. The monoisotopic (exact) mass is 271 g/mol. The highest BCUT2D eigenvalue weighted by Gasteiger charge is 2.02. The highest BCUT2D eigenvalue weighted by Crippen LogP contribution is 2.08. The van der Waals surface area contributed by atoms with Crippen molar-refractivity contribution in [2.75, 3.05) is 10.6 Å². The Labute approximate surface area is 117 Å². The molecule has 104 valence electrons. The molecule has 6 heteroatoms. The summed E-state index contributed by atoms with van der Waals surface area (Å²) in [5.41, 5.74) is 1.11. The van der Waals surface area contributed by atoms with Crippen LogP contribution in [0.2, 0.25) is 0 Å². The Morgan fingerprint density at radius 3 is 2.45 bits per heavy atom. The first kappa shape index (κ1) is 13.9. The molecule has 2 rings (SSSR count). The van der Waals surface area contributed by atoms with Gasteiger partial charge in [-0.1, -0.05) is 6.92 Å². The van der Waals surface area contributed by atoms with Crippen LogP contribution in [0.15, 0.2) is 36.7 Å². The van der Waals surface area contributed by atoms with Crippen molar-refractivity contribution in [1.82, 2.24) is 15.2 Å². The summed E-state index contributed by atoms with van der Waals surface area (Å²) in [6.07, 6.45) is 4.79. The SMILES string of the molecule is CCCC(=O)Nc1ccc(NCc2ccncc2)nn1. The molecule has 0 saturated heterocycles. The molecule has 1 amide bonds. The van der Waals surface area contributed by atoms with Gasteiger partial charge in [0.05, 0.1) is 0 Å². The standard InChI is InChI=1S/C14H17N5O/c1-2-3-14(20)17-13-5-4-12(18-19-13)16-10-11-6-8-15-9-7-11/h4-9H,2-3,10H2,1H3,(H,16,18)(H,17,19,20). The number of amides is 1. The van der Waals surface area contributed by atoms with E-state index >= 15 is 0 Å². The predicted molar refractivity (Wildman–Crippen MR) is 77.1 cm³/mol. The summed E-state index contributed by atoms with van der Waals surface area (Å²) in [5.74, 6) is 1.09. The maximum Gasteiger partial charge on any atom is 0.225 e. The number of hydrogen-bond acceptors (Lipinski definition) is 5. The number of rotatable bonds is 6. The molecule has 20 heavy (non-hydrogen) atoms. The number of nitrogens with zero attached hydrogens (tertiary/aromatic N) is 3. The lowest BCUT2D eigenvalue weighted by Gasteiger charge is -2.06. The molecule has 0 fully saturated rings. The van der Waals surface area contributed by atoms with E-state index in [4.69, 9.17) is 0 Å². The zero-order valence-electron chi connectivity index (χ0n) is 11.3. The van der Waals surface area contributed by atoms with Gasteiger partial charge < -0.3 is 10.6 Å². The minimum Gasteiger partial charge on any atom is -0.365 e. The van der Waals surface area contributed by atoms with Gasteiger partial charge in [-0.15, -0.1) is 10.2 Å². The van der Waals surface area contributed by atoms with Crippen molar-refractivity contribution in [3.8, 4) is 0 Å². The topological polar surface area (TPSA) is 79.8 Å². The van der Waals surface area contributed by atoms with Gasteiger partial charge in [-0.05, 0) is 36.2 Å². The van der Waals surface area contributed by atoms with Gasteiger partial charge >= 0.3 is 0 Å². The van der Waals surface area contributed by atoms with E-state index < -0.39 is 0 Å². The number of carbonyl (C=O) groups excluding carboxylic acids is 1. The van der Waals surface area contributed by atoms with Gasteiger partial charge in [0.25, 0.3) is 0 Å². The summed E-state index contributed by atoms with van der Waals surface area (Å²) < 4.78 is 0. The Morgan fingerprint density at radius 2 is 1.80 bits per heavy atom. The lowest BCUT2D eigenvalue weighted by atomic mass is 10.3. The van der Waals surface area contributed by atoms with Gasteiger partial charge in [-0.2, -0.15) is 0 Å². The third-order valence-corrected chi connectivity index (χ3v) is 2.63. The minimum atomic E-state index is -0.0423. The van der Waals surface area contributed by atoms with E-state index in [0.717, 1.165) is 12.0 Å². The molecule has 2 heterocycles. The van der Waals surface area contributed by atoms with Gasteiger partial charge in [-0.3, -0.25) is 9.78 Å². The Bertz CT molecular complexity index is 541. The second-order valence-electron chi connectivity index (χ2n) is 4.31. The molecule has 2 N–H and O–H groups in total. The zero-order valence-corrected chi connectivity index (χ0v) is 11.3. The van der Waals surface area contributed by atoms with Crippen molar-refractivity contribution in [1.29, 1.82) is 0 Å². The zero-order chi connectivity index (χ0) is 14.2. The summed E-state index contributed by atoms with van der Waals surface area (Å²) in [5, 5.41) is 13.8. The second kappa shape index (κ2) is 7.18. The van der Waals surface area contributed by atoms with Crippen LogP contribution in [-0.4, -0.2) is 21.1 Å². The third-order valence-electron chi connectivity index (χ3n) is 2.63. The highest BCUT2D eigenvalue weighted by molar-refractivity contribution is 5.89. The van der Waals surface area contributed by atoms with Gasteiger partial charge in [0.1, 0.15) is 5.82 Å². The van der Waals surface area contributed by atoms with Gasteiger partial charge in [0.2, 0.25) is 5.91 Å². The number of aromatic nitrogens is 3. The average Bonchev–Trinajstić information content (AvgIpc) is 2.48. The number of pyridine rings is 1. The van der Waals surface area contributed by atoms with Crippen LogP contribution in [0.4, 0.5) is 11.6 Å². The second-order valence-corrected chi connectivity index (χ2v) is 4.31. The van der Waals surface area contributed by atoms with Crippen LogP contribution >= 0.6 is 0 Å². The van der Waals surface area contributed by atoms with Crippen molar-refractivity contribution >= 4 is 17.5 Å². The normalized spacial score (nSPS) is 10.1. The molecule has 0 unspecified atom stereocenters.